The van der Waals surface area contributed by atoms with E-state index in [1.807, 2.05) is 0 Å². The fourth-order valence-electron chi connectivity index (χ4n) is 1.70. The van der Waals surface area contributed by atoms with E-state index in [0.29, 0.717) is 0 Å². The number of alkyl halides is 3. The van der Waals surface area contributed by atoms with Gasteiger partial charge in [0.25, 0.3) is 0 Å². The lowest BCUT2D eigenvalue weighted by Crippen LogP contribution is -2.29. The molecule has 0 aliphatic carbocycles. The monoisotopic (exact) mass is 386 g/mol. The number of esters is 2. The molecular weight excluding hydrogens is 373 g/mol. The fraction of sp³-hybridized carbons (Fsp3) is 0.385. The molecular formula is C13H13F3O8S. The minimum Gasteiger partial charge on any atom is -0.497 e. The molecule has 0 atom stereocenters. The van der Waals surface area contributed by atoms with Crippen LogP contribution in [0.25, 0.3) is 0 Å². The summed E-state index contributed by atoms with van der Waals surface area (Å²) in [5, 5.41) is 0. The van der Waals surface area contributed by atoms with Crippen LogP contribution < -0.4 is 8.92 Å². The van der Waals surface area contributed by atoms with E-state index in [2.05, 4.69) is 13.7 Å². The third kappa shape index (κ3) is 4.75. The van der Waals surface area contributed by atoms with Gasteiger partial charge in [0.1, 0.15) is 11.3 Å². The summed E-state index contributed by atoms with van der Waals surface area (Å²) >= 11 is 0. The van der Waals surface area contributed by atoms with Gasteiger partial charge in [-0.2, -0.15) is 21.6 Å². The molecule has 0 N–H and O–H groups in total. The maximum Gasteiger partial charge on any atom is 0.534 e. The van der Waals surface area contributed by atoms with Crippen LogP contribution in [0.15, 0.2) is 12.1 Å². The highest BCUT2D eigenvalue weighted by Crippen LogP contribution is 2.34. The molecule has 0 amide bonds. The topological polar surface area (TPSA) is 105 Å². The number of hydrogen-bond donors (Lipinski definition) is 0. The number of hydrogen-bond acceptors (Lipinski definition) is 8. The maximum absolute atomic E-state index is 12.5. The van der Waals surface area contributed by atoms with Crippen molar-refractivity contribution in [3.63, 3.8) is 0 Å². The lowest BCUT2D eigenvalue weighted by Gasteiger charge is -2.16. The Labute approximate surface area is 140 Å². The molecule has 8 nitrogen and oxygen atoms in total. The van der Waals surface area contributed by atoms with Crippen molar-refractivity contribution in [3.8, 4) is 11.5 Å². The minimum atomic E-state index is -6.07. The lowest BCUT2D eigenvalue weighted by molar-refractivity contribution is -0.139. The molecule has 0 heterocycles. The Balaban J connectivity index is 3.60. The summed E-state index contributed by atoms with van der Waals surface area (Å²) in [5.74, 6) is -3.21. The van der Waals surface area contributed by atoms with Gasteiger partial charge in [-0.25, -0.2) is 4.79 Å². The molecule has 1 rings (SSSR count). The first-order valence-corrected chi connectivity index (χ1v) is 7.74. The second kappa shape index (κ2) is 7.59. The lowest BCUT2D eigenvalue weighted by atomic mass is 10.0. The quantitative estimate of drug-likeness (QED) is 0.411. The highest BCUT2D eigenvalue weighted by atomic mass is 32.2. The SMILES string of the molecule is COC(=O)Cc1cc(OC)cc(OS(=O)(=O)C(F)(F)F)c1C(=O)OC. The third-order valence-corrected chi connectivity index (χ3v) is 3.79. The summed E-state index contributed by atoms with van der Waals surface area (Å²) < 4.78 is 77.8. The van der Waals surface area contributed by atoms with Gasteiger partial charge < -0.3 is 18.4 Å². The third-order valence-electron chi connectivity index (χ3n) is 2.83. The molecule has 0 unspecified atom stereocenters. The number of ether oxygens (including phenoxy) is 3. The average Bonchev–Trinajstić information content (AvgIpc) is 2.52. The number of carbonyl (C=O) groups is 2. The van der Waals surface area contributed by atoms with E-state index in [0.717, 1.165) is 33.5 Å². The molecule has 1 aromatic carbocycles. The highest BCUT2D eigenvalue weighted by molar-refractivity contribution is 7.88. The van der Waals surface area contributed by atoms with Gasteiger partial charge in [-0.05, 0) is 11.6 Å². The van der Waals surface area contributed by atoms with Gasteiger partial charge in [-0.3, -0.25) is 4.79 Å². The molecule has 0 radical (unpaired) electrons. The normalized spacial score (nSPS) is 11.6. The van der Waals surface area contributed by atoms with Crippen LogP contribution >= 0.6 is 0 Å². The van der Waals surface area contributed by atoms with Crippen LogP contribution in [0.2, 0.25) is 0 Å². The Morgan fingerprint density at radius 1 is 1.08 bits per heavy atom. The summed E-state index contributed by atoms with van der Waals surface area (Å²) in [5.41, 5.74) is -6.61. The summed E-state index contributed by atoms with van der Waals surface area (Å²) in [7, 11) is -2.97. The molecule has 0 spiro atoms. The molecule has 12 heteroatoms. The van der Waals surface area contributed by atoms with Crippen molar-refractivity contribution in [2.24, 2.45) is 0 Å². The van der Waals surface area contributed by atoms with Gasteiger partial charge in [0.2, 0.25) is 0 Å². The Morgan fingerprint density at radius 2 is 1.68 bits per heavy atom. The van der Waals surface area contributed by atoms with Crippen LogP contribution in [-0.2, 0) is 30.8 Å². The smallest absolute Gasteiger partial charge is 0.497 e. The first-order valence-electron chi connectivity index (χ1n) is 6.33. The van der Waals surface area contributed by atoms with E-state index in [-0.39, 0.29) is 11.3 Å². The van der Waals surface area contributed by atoms with Gasteiger partial charge >= 0.3 is 27.6 Å². The molecule has 0 aromatic heterocycles. The van der Waals surface area contributed by atoms with Crippen molar-refractivity contribution in [3.05, 3.63) is 23.3 Å². The Hall–Kier alpha value is -2.50. The van der Waals surface area contributed by atoms with Gasteiger partial charge in [-0.15, -0.1) is 0 Å². The van der Waals surface area contributed by atoms with Crippen molar-refractivity contribution in [1.29, 1.82) is 0 Å². The number of halogens is 3. The summed E-state index contributed by atoms with van der Waals surface area (Å²) in [6.07, 6.45) is -0.569. The average molecular weight is 386 g/mol. The van der Waals surface area contributed by atoms with Crippen molar-refractivity contribution in [2.75, 3.05) is 21.3 Å². The molecule has 0 saturated heterocycles. The van der Waals surface area contributed by atoms with Crippen molar-refractivity contribution in [2.45, 2.75) is 11.9 Å². The van der Waals surface area contributed by atoms with Crippen LogP contribution in [0, 0.1) is 0 Å². The molecule has 1 aromatic rings. The van der Waals surface area contributed by atoms with Crippen molar-refractivity contribution < 1.29 is 49.6 Å². The largest absolute Gasteiger partial charge is 0.534 e. The summed E-state index contributed by atoms with van der Waals surface area (Å²) in [4.78, 5) is 23.3. The molecule has 0 saturated carbocycles. The fourth-order valence-corrected chi connectivity index (χ4v) is 2.16. The number of methoxy groups -OCH3 is 3. The van der Waals surface area contributed by atoms with E-state index >= 15 is 0 Å². The predicted molar refractivity (Wildman–Crippen MR) is 75.7 cm³/mol. The molecule has 0 bridgehead atoms. The van der Waals surface area contributed by atoms with E-state index in [1.165, 1.54) is 0 Å². The number of carbonyl (C=O) groups excluding carboxylic acids is 2. The zero-order valence-electron chi connectivity index (χ0n) is 13.2. The molecule has 0 aliphatic rings. The van der Waals surface area contributed by atoms with E-state index in [1.54, 1.807) is 0 Å². The summed E-state index contributed by atoms with van der Waals surface area (Å²) in [6.45, 7) is 0. The molecule has 0 aliphatic heterocycles. The Morgan fingerprint density at radius 3 is 2.12 bits per heavy atom. The first kappa shape index (κ1) is 20.5. The maximum atomic E-state index is 12.5. The molecule has 0 fully saturated rings. The molecule has 140 valence electrons. The van der Waals surface area contributed by atoms with Crippen molar-refractivity contribution >= 4 is 22.1 Å². The van der Waals surface area contributed by atoms with E-state index < -0.39 is 45.3 Å². The van der Waals surface area contributed by atoms with Crippen LogP contribution in [0.5, 0.6) is 11.5 Å². The first-order chi connectivity index (χ1) is 11.5. The van der Waals surface area contributed by atoms with E-state index in [4.69, 9.17) is 4.74 Å². The van der Waals surface area contributed by atoms with Crippen molar-refractivity contribution in [1.82, 2.24) is 0 Å². The standard InChI is InChI=1S/C13H13F3O8S/c1-21-8-4-7(5-10(17)22-2)11(12(18)23-3)9(6-8)24-25(19,20)13(14,15)16/h4,6H,5H2,1-3H3. The number of rotatable bonds is 6. The second-order valence-corrected chi connectivity index (χ2v) is 5.93. The molecule has 25 heavy (non-hydrogen) atoms. The Kier molecular flexibility index (Phi) is 6.24. The van der Waals surface area contributed by atoms with Gasteiger partial charge in [0.05, 0.1) is 27.8 Å². The van der Waals surface area contributed by atoms with Gasteiger partial charge in [-0.1, -0.05) is 0 Å². The van der Waals surface area contributed by atoms with Gasteiger partial charge in [0, 0.05) is 6.07 Å². The predicted octanol–water partition coefficient (Wildman–Crippen LogP) is 1.43. The van der Waals surface area contributed by atoms with Crippen LogP contribution in [0.4, 0.5) is 13.2 Å². The zero-order chi connectivity index (χ0) is 19.4. The van der Waals surface area contributed by atoms with E-state index in [9.17, 15) is 31.2 Å². The van der Waals surface area contributed by atoms with Crippen LogP contribution in [0.1, 0.15) is 15.9 Å². The highest BCUT2D eigenvalue weighted by Gasteiger charge is 2.49. The minimum absolute atomic E-state index is 0.154. The second-order valence-electron chi connectivity index (χ2n) is 4.39. The Bertz CT molecular complexity index is 770. The zero-order valence-corrected chi connectivity index (χ0v) is 14.0. The van der Waals surface area contributed by atoms with Gasteiger partial charge in [0.15, 0.2) is 5.75 Å². The number of benzene rings is 1. The summed E-state index contributed by atoms with van der Waals surface area (Å²) in [6, 6.07) is 1.88. The van der Waals surface area contributed by atoms with Crippen LogP contribution in [0.3, 0.4) is 0 Å². The van der Waals surface area contributed by atoms with Crippen LogP contribution in [-0.4, -0.2) is 47.2 Å².